The molecule has 2 aliphatic rings. The Labute approximate surface area is 206 Å². The molecule has 2 N–H and O–H groups in total. The summed E-state index contributed by atoms with van der Waals surface area (Å²) < 4.78 is 17.2. The summed E-state index contributed by atoms with van der Waals surface area (Å²) in [5.41, 5.74) is 12.7. The Morgan fingerprint density at radius 3 is 2.71 bits per heavy atom. The smallest absolute Gasteiger partial charge is 0.293 e. The Bertz CT molecular complexity index is 1190. The summed E-state index contributed by atoms with van der Waals surface area (Å²) in [4.78, 5) is 13.1. The fourth-order valence-electron chi connectivity index (χ4n) is 4.66. The Morgan fingerprint density at radius 1 is 1.06 bits per heavy atom. The average Bonchev–Trinajstić information content (AvgIpc) is 3.64. The van der Waals surface area contributed by atoms with Gasteiger partial charge >= 0.3 is 0 Å². The van der Waals surface area contributed by atoms with Crippen molar-refractivity contribution >= 4 is 12.2 Å². The number of hydrogen-bond acceptors (Lipinski definition) is 6. The first kappa shape index (κ1) is 23.4. The number of nitrogens with two attached hydrogens (primary N) is 1. The van der Waals surface area contributed by atoms with Gasteiger partial charge in [0.2, 0.25) is 0 Å². The average molecular weight is 473 g/mol. The van der Waals surface area contributed by atoms with E-state index in [2.05, 4.69) is 47.4 Å². The van der Waals surface area contributed by atoms with Crippen molar-refractivity contribution in [3.8, 4) is 16.9 Å². The molecule has 1 atom stereocenters. The normalized spacial score (nSPS) is 17.1. The van der Waals surface area contributed by atoms with Gasteiger partial charge in [-0.25, -0.2) is 0 Å². The highest BCUT2D eigenvalue weighted by Gasteiger charge is 2.47. The van der Waals surface area contributed by atoms with Gasteiger partial charge in [0.15, 0.2) is 0 Å². The fraction of sp³-hybridized carbons (Fsp3) is 0.345. The number of nitrogens with zero attached hydrogens (tertiary/aromatic N) is 1. The molecule has 1 heterocycles. The molecule has 6 heteroatoms. The summed E-state index contributed by atoms with van der Waals surface area (Å²) in [7, 11) is 0. The summed E-state index contributed by atoms with van der Waals surface area (Å²) in [5, 5.41) is 0. The van der Waals surface area contributed by atoms with E-state index in [0.29, 0.717) is 18.8 Å². The van der Waals surface area contributed by atoms with Gasteiger partial charge in [0.25, 0.3) is 6.47 Å². The first-order chi connectivity index (χ1) is 17.0. The summed E-state index contributed by atoms with van der Waals surface area (Å²) in [6.45, 7) is 5.59. The number of anilines is 1. The topological polar surface area (TPSA) is 74.0 Å². The lowest BCUT2D eigenvalue weighted by atomic mass is 9.98. The molecular formula is C29H32N2O4. The molecule has 0 amide bonds. The molecule has 5 rings (SSSR count). The minimum absolute atomic E-state index is 0.0278. The molecule has 1 saturated heterocycles. The predicted octanol–water partition coefficient (Wildman–Crippen LogP) is 4.99. The van der Waals surface area contributed by atoms with Gasteiger partial charge in [0, 0.05) is 30.4 Å². The molecule has 0 unspecified atom stereocenters. The van der Waals surface area contributed by atoms with Crippen molar-refractivity contribution in [2.24, 2.45) is 5.73 Å². The van der Waals surface area contributed by atoms with Crippen molar-refractivity contribution < 1.29 is 19.0 Å². The summed E-state index contributed by atoms with van der Waals surface area (Å²) in [6, 6.07) is 22.7. The van der Waals surface area contributed by atoms with Crippen LogP contribution in [0, 0.1) is 0 Å². The van der Waals surface area contributed by atoms with Crippen LogP contribution in [-0.4, -0.2) is 31.8 Å². The minimum Gasteiger partial charge on any atom is -0.488 e. The van der Waals surface area contributed by atoms with Crippen LogP contribution in [0.5, 0.6) is 5.75 Å². The molecule has 1 saturated carbocycles. The number of carbonyl (C=O) groups excluding carboxylic acids is 1. The van der Waals surface area contributed by atoms with E-state index < -0.39 is 0 Å². The van der Waals surface area contributed by atoms with Crippen LogP contribution in [0.1, 0.15) is 42.5 Å². The monoisotopic (exact) mass is 472 g/mol. The van der Waals surface area contributed by atoms with Crippen LogP contribution in [0.15, 0.2) is 66.7 Å². The molecule has 1 aliphatic carbocycles. The molecule has 3 aromatic rings. The zero-order chi connectivity index (χ0) is 24.3. The van der Waals surface area contributed by atoms with Crippen LogP contribution in [0.3, 0.4) is 0 Å². The van der Waals surface area contributed by atoms with Crippen molar-refractivity contribution in [3.05, 3.63) is 83.4 Å². The van der Waals surface area contributed by atoms with Crippen LogP contribution in [-0.2, 0) is 27.5 Å². The molecule has 182 valence electrons. The van der Waals surface area contributed by atoms with Crippen LogP contribution in [0.25, 0.3) is 11.1 Å². The minimum atomic E-state index is -0.0278. The van der Waals surface area contributed by atoms with Gasteiger partial charge < -0.3 is 24.8 Å². The summed E-state index contributed by atoms with van der Waals surface area (Å²) >= 11 is 0. The molecule has 1 spiro atoms. The molecule has 35 heavy (non-hydrogen) atoms. The highest BCUT2D eigenvalue weighted by Crippen LogP contribution is 2.43. The third-order valence-electron chi connectivity index (χ3n) is 6.82. The van der Waals surface area contributed by atoms with E-state index in [-0.39, 0.29) is 18.2 Å². The predicted molar refractivity (Wildman–Crippen MR) is 136 cm³/mol. The number of para-hydroxylation sites is 1. The quantitative estimate of drug-likeness (QED) is 0.442. The third kappa shape index (κ3) is 5.50. The van der Waals surface area contributed by atoms with Crippen molar-refractivity contribution in [2.45, 2.75) is 44.6 Å². The number of benzene rings is 3. The SMILES string of the molecule is C[C@@H](N)c1cccc(-c2cc(COc3ccccc3COC=O)cc(N3CCOC4(CC4)C3)c2)c1. The molecular weight excluding hydrogens is 440 g/mol. The molecule has 6 nitrogen and oxygen atoms in total. The van der Waals surface area contributed by atoms with Gasteiger partial charge in [0.1, 0.15) is 19.0 Å². The third-order valence-corrected chi connectivity index (χ3v) is 6.82. The zero-order valence-corrected chi connectivity index (χ0v) is 20.1. The van der Waals surface area contributed by atoms with Gasteiger partial charge in [-0.15, -0.1) is 0 Å². The fourth-order valence-corrected chi connectivity index (χ4v) is 4.66. The molecule has 0 radical (unpaired) electrons. The number of ether oxygens (including phenoxy) is 3. The first-order valence-corrected chi connectivity index (χ1v) is 12.2. The lowest BCUT2D eigenvalue weighted by molar-refractivity contribution is -0.129. The largest absolute Gasteiger partial charge is 0.488 e. The molecule has 2 fully saturated rings. The van der Waals surface area contributed by atoms with Gasteiger partial charge in [-0.2, -0.15) is 0 Å². The van der Waals surface area contributed by atoms with Crippen molar-refractivity contribution in [1.29, 1.82) is 0 Å². The lowest BCUT2D eigenvalue weighted by Crippen LogP contribution is -2.44. The Balaban J connectivity index is 1.45. The maximum atomic E-state index is 10.7. The Morgan fingerprint density at radius 2 is 1.91 bits per heavy atom. The number of hydrogen-bond donors (Lipinski definition) is 1. The van der Waals surface area contributed by atoms with E-state index in [0.717, 1.165) is 60.4 Å². The molecule has 0 aromatic heterocycles. The number of carbonyl (C=O) groups is 1. The molecule has 3 aromatic carbocycles. The van der Waals surface area contributed by atoms with Crippen LogP contribution in [0.2, 0.25) is 0 Å². The zero-order valence-electron chi connectivity index (χ0n) is 20.1. The van der Waals surface area contributed by atoms with Gasteiger partial charge in [0.05, 0.1) is 12.2 Å². The van der Waals surface area contributed by atoms with Crippen LogP contribution < -0.4 is 15.4 Å². The highest BCUT2D eigenvalue weighted by molar-refractivity contribution is 5.71. The Hall–Kier alpha value is -3.35. The van der Waals surface area contributed by atoms with Crippen molar-refractivity contribution in [2.75, 3.05) is 24.6 Å². The molecule has 0 bridgehead atoms. The summed E-state index contributed by atoms with van der Waals surface area (Å²) in [6.07, 6.45) is 2.27. The van der Waals surface area contributed by atoms with Gasteiger partial charge in [-0.3, -0.25) is 4.79 Å². The van der Waals surface area contributed by atoms with E-state index in [1.54, 1.807) is 0 Å². The van der Waals surface area contributed by atoms with Gasteiger partial charge in [-0.05, 0) is 72.4 Å². The Kier molecular flexibility index (Phi) is 6.75. The number of morpholine rings is 1. The second kappa shape index (κ2) is 10.1. The van der Waals surface area contributed by atoms with Crippen molar-refractivity contribution in [3.63, 3.8) is 0 Å². The first-order valence-electron chi connectivity index (χ1n) is 12.2. The maximum absolute atomic E-state index is 10.7. The van der Waals surface area contributed by atoms with Crippen LogP contribution in [0.4, 0.5) is 5.69 Å². The highest BCUT2D eigenvalue weighted by atomic mass is 16.5. The number of rotatable bonds is 9. The standard InChI is InChI=1S/C29H32N2O4/c1-21(30)23-6-4-7-24(15-23)26-13-22(17-34-28-8-3-2-5-25(28)18-33-20-32)14-27(16-26)31-11-12-35-29(19-31)9-10-29/h2-8,13-16,20-21H,9-12,17-19,30H2,1H3/t21-/m1/s1. The van der Waals surface area contributed by atoms with E-state index in [4.69, 9.17) is 19.9 Å². The van der Waals surface area contributed by atoms with E-state index in [9.17, 15) is 4.79 Å². The van der Waals surface area contributed by atoms with E-state index >= 15 is 0 Å². The second-order valence-electron chi connectivity index (χ2n) is 9.56. The summed E-state index contributed by atoms with van der Waals surface area (Å²) in [5.74, 6) is 0.712. The lowest BCUT2D eigenvalue weighted by Gasteiger charge is -2.35. The van der Waals surface area contributed by atoms with Gasteiger partial charge in [-0.1, -0.05) is 36.4 Å². The maximum Gasteiger partial charge on any atom is 0.293 e. The van der Waals surface area contributed by atoms with Crippen LogP contribution >= 0.6 is 0 Å². The second-order valence-corrected chi connectivity index (χ2v) is 9.56. The molecule has 1 aliphatic heterocycles. The van der Waals surface area contributed by atoms with E-state index in [1.165, 1.54) is 5.69 Å². The van der Waals surface area contributed by atoms with E-state index in [1.807, 2.05) is 31.2 Å². The van der Waals surface area contributed by atoms with Crippen molar-refractivity contribution in [1.82, 2.24) is 0 Å².